The Labute approximate surface area is 130 Å². The summed E-state index contributed by atoms with van der Waals surface area (Å²) in [4.78, 5) is 10.4. The molecular weight excluding hydrogens is 326 g/mol. The molecule has 1 nitrogen and oxygen atoms in total. The van der Waals surface area contributed by atoms with E-state index in [4.69, 9.17) is 23.4 Å². The summed E-state index contributed by atoms with van der Waals surface area (Å²) in [6, 6.07) is 7.34. The van der Waals surface area contributed by atoms with E-state index in [0.29, 0.717) is 10.9 Å². The number of hydrogen-bond acceptors (Lipinski definition) is 2. The lowest BCUT2D eigenvalue weighted by molar-refractivity contribution is 0.585. The Morgan fingerprint density at radius 1 is 1.44 bits per heavy atom. The molecule has 6 heteroatoms. The van der Waals surface area contributed by atoms with Gasteiger partial charge in [0.15, 0.2) is 0 Å². The van der Waals surface area contributed by atoms with Gasteiger partial charge in [-0.05, 0) is 18.1 Å². The van der Waals surface area contributed by atoms with Crippen molar-refractivity contribution in [3.8, 4) is 0 Å². The highest BCUT2D eigenvalue weighted by Gasteiger charge is 2.20. The first-order valence-corrected chi connectivity index (χ1v) is 10.4. The molecule has 1 aromatic carbocycles. The Morgan fingerprint density at radius 2 is 2.06 bits per heavy atom. The molecule has 0 fully saturated rings. The highest BCUT2D eigenvalue weighted by Crippen LogP contribution is 2.55. The molecule has 0 saturated carbocycles. The first kappa shape index (κ1) is 18.8. The van der Waals surface area contributed by atoms with Crippen LogP contribution in [0.5, 0.6) is 0 Å². The molecule has 0 amide bonds. The molecule has 2 atom stereocenters. The second-order valence-corrected chi connectivity index (χ2v) is 11.3. The molecule has 1 rings (SSSR count). The normalized spacial score (nSPS) is 15.6. The van der Waals surface area contributed by atoms with Crippen LogP contribution in [0.25, 0.3) is 0 Å². The van der Waals surface area contributed by atoms with E-state index in [1.165, 1.54) is 24.2 Å². The average Bonchev–Trinajstić information content (AvgIpc) is 2.27. The Morgan fingerprint density at radius 3 is 2.61 bits per heavy atom. The molecule has 1 N–H and O–H groups in total. The van der Waals surface area contributed by atoms with Crippen molar-refractivity contribution >= 4 is 58.0 Å². The molecule has 0 bridgehead atoms. The maximum Gasteiger partial charge on any atom is 0.147 e. The SMILES string of the molecule is CCCC(C)CSP(O)(=S)c1ccccc1Cl.Cl. The highest BCUT2D eigenvalue weighted by atomic mass is 35.5. The van der Waals surface area contributed by atoms with E-state index in [1.54, 1.807) is 6.07 Å². The van der Waals surface area contributed by atoms with Crippen LogP contribution in [0, 0.1) is 5.92 Å². The summed E-state index contributed by atoms with van der Waals surface area (Å²) in [6.45, 7) is 4.36. The van der Waals surface area contributed by atoms with Gasteiger partial charge >= 0.3 is 0 Å². The summed E-state index contributed by atoms with van der Waals surface area (Å²) >= 11 is 12.9. The number of benzene rings is 1. The van der Waals surface area contributed by atoms with E-state index in [1.807, 2.05) is 18.2 Å². The van der Waals surface area contributed by atoms with Crippen molar-refractivity contribution in [2.24, 2.45) is 5.92 Å². The smallest absolute Gasteiger partial charge is 0.147 e. The fourth-order valence-corrected chi connectivity index (χ4v) is 7.03. The van der Waals surface area contributed by atoms with Crippen molar-refractivity contribution < 1.29 is 4.89 Å². The Balaban J connectivity index is 0.00000289. The quantitative estimate of drug-likeness (QED) is 0.744. The van der Waals surface area contributed by atoms with Gasteiger partial charge in [0.05, 0.1) is 5.02 Å². The van der Waals surface area contributed by atoms with Crippen LogP contribution in [0.3, 0.4) is 0 Å². The van der Waals surface area contributed by atoms with Crippen LogP contribution in [0.1, 0.15) is 26.7 Å². The Kier molecular flexibility index (Phi) is 9.21. The van der Waals surface area contributed by atoms with Gasteiger partial charge in [-0.2, -0.15) is 0 Å². The monoisotopic (exact) mass is 344 g/mol. The second kappa shape index (κ2) is 8.84. The third kappa shape index (κ3) is 5.81. The molecule has 0 saturated heterocycles. The fourth-order valence-electron chi connectivity index (χ4n) is 1.55. The average molecular weight is 345 g/mol. The molecule has 18 heavy (non-hydrogen) atoms. The summed E-state index contributed by atoms with van der Waals surface area (Å²) in [7, 11) is 0. The summed E-state index contributed by atoms with van der Waals surface area (Å²) in [6.07, 6.45) is 2.34. The summed E-state index contributed by atoms with van der Waals surface area (Å²) in [5, 5.41) is 1.30. The van der Waals surface area contributed by atoms with Crippen LogP contribution in [-0.2, 0) is 11.8 Å². The van der Waals surface area contributed by atoms with E-state index in [0.717, 1.165) is 11.1 Å². The Hall–Kier alpha value is 0.760. The van der Waals surface area contributed by atoms with Crippen LogP contribution < -0.4 is 5.30 Å². The second-order valence-electron chi connectivity index (χ2n) is 4.16. The number of rotatable bonds is 6. The zero-order chi connectivity index (χ0) is 12.9. The van der Waals surface area contributed by atoms with E-state index in [9.17, 15) is 4.89 Å². The highest BCUT2D eigenvalue weighted by molar-refractivity contribution is 8.71. The van der Waals surface area contributed by atoms with E-state index in [2.05, 4.69) is 13.8 Å². The largest absolute Gasteiger partial charge is 0.354 e. The molecule has 2 unspecified atom stereocenters. The van der Waals surface area contributed by atoms with Crippen molar-refractivity contribution in [3.05, 3.63) is 29.3 Å². The standard InChI is InChI=1S/C12H18ClOPS2.ClH/c1-3-6-10(2)9-17-15(14,16)12-8-5-4-7-11(12)13;/h4-5,7-8,10H,3,6,9H2,1-2H3,(H,14,16);1H. The summed E-state index contributed by atoms with van der Waals surface area (Å²) < 4.78 is 0. The zero-order valence-electron chi connectivity index (χ0n) is 10.5. The van der Waals surface area contributed by atoms with Crippen molar-refractivity contribution in [2.45, 2.75) is 26.7 Å². The maximum absolute atomic E-state index is 10.4. The molecule has 0 heterocycles. The first-order valence-electron chi connectivity index (χ1n) is 5.69. The molecule has 104 valence electrons. The van der Waals surface area contributed by atoms with E-state index < -0.39 is 5.47 Å². The lowest BCUT2D eigenvalue weighted by Crippen LogP contribution is -2.05. The third-order valence-electron chi connectivity index (χ3n) is 2.47. The van der Waals surface area contributed by atoms with Crippen LogP contribution >= 0.6 is 40.9 Å². The van der Waals surface area contributed by atoms with Crippen molar-refractivity contribution in [2.75, 3.05) is 5.75 Å². The zero-order valence-corrected chi connectivity index (χ0v) is 14.6. The van der Waals surface area contributed by atoms with Crippen LogP contribution in [0.4, 0.5) is 0 Å². The number of halogens is 2. The lowest BCUT2D eigenvalue weighted by atomic mass is 10.1. The van der Waals surface area contributed by atoms with Gasteiger partial charge in [-0.3, -0.25) is 0 Å². The van der Waals surface area contributed by atoms with Crippen molar-refractivity contribution in [1.29, 1.82) is 0 Å². The van der Waals surface area contributed by atoms with Gasteiger partial charge < -0.3 is 4.89 Å². The van der Waals surface area contributed by atoms with Gasteiger partial charge in [0, 0.05) is 11.1 Å². The molecule has 0 aliphatic rings. The predicted octanol–water partition coefficient (Wildman–Crippen LogP) is 4.86. The van der Waals surface area contributed by atoms with Gasteiger partial charge in [0.1, 0.15) is 5.47 Å². The molecule has 0 aliphatic carbocycles. The minimum atomic E-state index is -2.54. The predicted molar refractivity (Wildman–Crippen MR) is 91.4 cm³/mol. The van der Waals surface area contributed by atoms with Crippen LogP contribution in [-0.4, -0.2) is 10.6 Å². The summed E-state index contributed by atoms with van der Waals surface area (Å²) in [5.41, 5.74) is -2.54. The minimum Gasteiger partial charge on any atom is -0.354 e. The molecule has 0 aromatic heterocycles. The first-order chi connectivity index (χ1) is 7.97. The van der Waals surface area contributed by atoms with Crippen LogP contribution in [0.2, 0.25) is 5.02 Å². The topological polar surface area (TPSA) is 20.2 Å². The lowest BCUT2D eigenvalue weighted by Gasteiger charge is -2.18. The van der Waals surface area contributed by atoms with Gasteiger partial charge in [0.25, 0.3) is 0 Å². The third-order valence-corrected chi connectivity index (χ3v) is 8.63. The van der Waals surface area contributed by atoms with Gasteiger partial charge in [-0.1, -0.05) is 73.6 Å². The molecule has 0 spiro atoms. The van der Waals surface area contributed by atoms with Gasteiger partial charge in [-0.25, -0.2) is 0 Å². The molecule has 0 radical (unpaired) electrons. The fraction of sp³-hybridized carbons (Fsp3) is 0.500. The Bertz CT molecular complexity index is 415. The van der Waals surface area contributed by atoms with Crippen LogP contribution in [0.15, 0.2) is 24.3 Å². The van der Waals surface area contributed by atoms with Crippen molar-refractivity contribution in [1.82, 2.24) is 0 Å². The van der Waals surface area contributed by atoms with Gasteiger partial charge in [-0.15, -0.1) is 12.4 Å². The molecule has 1 aromatic rings. The minimum absolute atomic E-state index is 0. The maximum atomic E-state index is 10.4. The van der Waals surface area contributed by atoms with E-state index in [-0.39, 0.29) is 12.4 Å². The molecule has 0 aliphatic heterocycles. The van der Waals surface area contributed by atoms with Gasteiger partial charge in [0.2, 0.25) is 0 Å². The molecular formula is C12H19Cl2OPS2. The number of hydrogen-bond donors (Lipinski definition) is 1. The van der Waals surface area contributed by atoms with E-state index >= 15 is 0 Å². The van der Waals surface area contributed by atoms with Crippen molar-refractivity contribution in [3.63, 3.8) is 0 Å². The summed E-state index contributed by atoms with van der Waals surface area (Å²) in [5.74, 6) is 1.48.